The summed E-state index contributed by atoms with van der Waals surface area (Å²) in [5.74, 6) is -0.104. The normalized spacial score (nSPS) is 12.9. The van der Waals surface area contributed by atoms with Crippen LogP contribution in [0.15, 0.2) is 23.8 Å². The van der Waals surface area contributed by atoms with Gasteiger partial charge >= 0.3 is 5.97 Å². The number of nitrogens with two attached hydrogens (primary N) is 3. The molecule has 27 nitrogen and oxygen atoms in total. The van der Waals surface area contributed by atoms with E-state index < -0.39 is 12.6 Å². The summed E-state index contributed by atoms with van der Waals surface area (Å²) in [4.78, 5) is 58.0. The number of nitrogens with one attached hydrogen (secondary N) is 1. The maximum atomic E-state index is 11.7. The van der Waals surface area contributed by atoms with E-state index >= 15 is 0 Å². The van der Waals surface area contributed by atoms with Crippen LogP contribution in [-0.4, -0.2) is 163 Å². The van der Waals surface area contributed by atoms with Gasteiger partial charge in [0.1, 0.15) is 5.52 Å². The highest BCUT2D eigenvalue weighted by Gasteiger charge is 2.22. The summed E-state index contributed by atoms with van der Waals surface area (Å²) in [6.07, 6.45) is 5.10. The monoisotopic (exact) mass is 965 g/mol. The molecule has 6 heterocycles. The number of aliphatic hydroxyl groups excluding tert-OH is 2. The summed E-state index contributed by atoms with van der Waals surface area (Å²) in [6.45, 7) is 2.90. The number of nitrogens with zero attached hydrogens (tertiary/aromatic N) is 11. The van der Waals surface area contributed by atoms with Crippen LogP contribution in [0.1, 0.15) is 26.2 Å². The van der Waals surface area contributed by atoms with Crippen molar-refractivity contribution in [2.75, 3.05) is 86.8 Å². The fourth-order valence-electron chi connectivity index (χ4n) is 6.74. The van der Waals surface area contributed by atoms with Crippen LogP contribution < -0.4 is 27.5 Å². The number of rotatable bonds is 23. The molecule has 9 N–H and O–H groups in total. The summed E-state index contributed by atoms with van der Waals surface area (Å²) in [7, 11) is 10.8. The average molecular weight is 966 g/mol. The number of anilines is 3. The zero-order valence-electron chi connectivity index (χ0n) is 38.6. The van der Waals surface area contributed by atoms with E-state index in [4.69, 9.17) is 66.7 Å². The maximum Gasteiger partial charge on any atom is 0.302 e. The fraction of sp³-hybridized carbons (Fsp3) is 0.590. The number of nitrogen functional groups attached to an aromatic ring is 3. The minimum absolute atomic E-state index is 0.0133. The van der Waals surface area contributed by atoms with Crippen LogP contribution in [0.2, 0.25) is 5.15 Å². The van der Waals surface area contributed by atoms with Crippen molar-refractivity contribution in [3.8, 4) is 5.88 Å². The third kappa shape index (κ3) is 15.0. The van der Waals surface area contributed by atoms with E-state index in [0.717, 1.165) is 0 Å². The maximum absolute atomic E-state index is 11.7. The Labute approximate surface area is 389 Å². The predicted molar refractivity (Wildman–Crippen MR) is 242 cm³/mol. The number of esters is 1. The highest BCUT2D eigenvalue weighted by Crippen LogP contribution is 2.24. The van der Waals surface area contributed by atoms with Gasteiger partial charge in [0.2, 0.25) is 23.7 Å². The smallest absolute Gasteiger partial charge is 0.302 e. The zero-order valence-corrected chi connectivity index (χ0v) is 39.3. The first-order valence-electron chi connectivity index (χ1n) is 20.5. The number of hydrogen-bond donors (Lipinski definition) is 6. The van der Waals surface area contributed by atoms with E-state index in [2.05, 4.69) is 44.9 Å². The molecule has 0 amide bonds. The van der Waals surface area contributed by atoms with Gasteiger partial charge in [-0.1, -0.05) is 11.6 Å². The van der Waals surface area contributed by atoms with Gasteiger partial charge in [-0.15, -0.1) is 0 Å². The topological polar surface area (TPSA) is 360 Å². The van der Waals surface area contributed by atoms with Crippen LogP contribution in [0.5, 0.6) is 5.88 Å². The molecule has 6 rings (SSSR count). The van der Waals surface area contributed by atoms with E-state index in [-0.39, 0.29) is 83.9 Å². The molecule has 6 aromatic heterocycles. The van der Waals surface area contributed by atoms with Gasteiger partial charge in [-0.3, -0.25) is 14.6 Å². The number of methoxy groups -OCH3 is 7. The number of halogens is 1. The Morgan fingerprint density at radius 3 is 1.52 bits per heavy atom. The van der Waals surface area contributed by atoms with Crippen molar-refractivity contribution >= 4 is 68.9 Å². The van der Waals surface area contributed by atoms with Crippen LogP contribution in [-0.2, 0) is 57.6 Å². The van der Waals surface area contributed by atoms with Gasteiger partial charge in [0.05, 0.1) is 32.7 Å². The van der Waals surface area contributed by atoms with Crippen molar-refractivity contribution < 1.29 is 52.9 Å². The highest BCUT2D eigenvalue weighted by atomic mass is 35.5. The number of aliphatic hydroxyl groups is 2. The Morgan fingerprint density at radius 2 is 1.06 bits per heavy atom. The van der Waals surface area contributed by atoms with Gasteiger partial charge in [-0.2, -0.15) is 24.9 Å². The van der Waals surface area contributed by atoms with E-state index in [1.54, 1.807) is 54.8 Å². The number of aromatic amines is 1. The van der Waals surface area contributed by atoms with Gasteiger partial charge in [-0.05, 0) is 0 Å². The quantitative estimate of drug-likeness (QED) is 0.0291. The van der Waals surface area contributed by atoms with Gasteiger partial charge in [0.25, 0.3) is 5.56 Å². The Hall–Kier alpha value is -5.91. The second-order valence-corrected chi connectivity index (χ2v) is 15.2. The predicted octanol–water partition coefficient (Wildman–Crippen LogP) is 0.604. The molecule has 0 aliphatic rings. The first kappa shape index (κ1) is 53.7. The molecule has 0 aliphatic heterocycles. The molecule has 0 unspecified atom stereocenters. The minimum atomic E-state index is -0.413. The van der Waals surface area contributed by atoms with Gasteiger partial charge < -0.3 is 79.0 Å². The van der Waals surface area contributed by atoms with E-state index in [1.807, 2.05) is 0 Å². The third-order valence-electron chi connectivity index (χ3n) is 10.1. The average Bonchev–Trinajstić information content (AvgIpc) is 4.04. The SMILES string of the molecule is COC(C[C@@H](CO)Cn1cnc2c(=O)[nH]c(N)nc21)OC.COC(C[C@@H](COC(C)=O)Cn1cnc2c(Cl)nc(N)nc21)OC.COc1nc(N)nc2c1ncn2C[C@H](CO)CC(OC)OC. The number of H-pyrrole nitrogens is 1. The molecule has 3 atom stereocenters. The first-order valence-corrected chi connectivity index (χ1v) is 20.9. The fourth-order valence-corrected chi connectivity index (χ4v) is 6.95. The first-order chi connectivity index (χ1) is 32.1. The summed E-state index contributed by atoms with van der Waals surface area (Å²) in [5.41, 5.74) is 19.2. The minimum Gasteiger partial charge on any atom is -0.479 e. The molecule has 0 bridgehead atoms. The second kappa shape index (κ2) is 26.4. The number of fused-ring (bicyclic) bond motifs is 3. The lowest BCUT2D eigenvalue weighted by molar-refractivity contribution is -0.146. The molecule has 0 saturated heterocycles. The van der Waals surface area contributed by atoms with E-state index in [0.29, 0.717) is 72.8 Å². The van der Waals surface area contributed by atoms with Crippen molar-refractivity contribution in [1.29, 1.82) is 0 Å². The number of ether oxygens (including phenoxy) is 8. The number of aromatic nitrogens is 12. The Bertz CT molecular complexity index is 2510. The third-order valence-corrected chi connectivity index (χ3v) is 10.4. The van der Waals surface area contributed by atoms with Gasteiger partial charge in [0, 0.05) is 119 Å². The van der Waals surface area contributed by atoms with Crippen molar-refractivity contribution in [3.05, 3.63) is 34.5 Å². The Kier molecular flexibility index (Phi) is 21.2. The molecule has 67 heavy (non-hydrogen) atoms. The van der Waals surface area contributed by atoms with Crippen molar-refractivity contribution in [2.45, 2.75) is 64.7 Å². The number of carbonyl (C=O) groups is 1. The standard InChI is InChI=1S/C14H20ClN5O4.C13H21N5O4.C12H19N5O4/c1-8(21)24-6-9(4-10(22-2)23-3)5-20-7-17-11-12(15)18-14(16)19-13(11)20;1-20-9(21-2)4-8(6-19)5-18-7-15-10-11(18)16-13(14)17-12(10)22-3;1-20-8(21-2)3-7(5-18)4-17-6-14-9-10(17)15-12(13)16-11(9)19/h7,9-10H,4-6H2,1-3H3,(H2,16,18,19);7-9,19H,4-6H2,1-3H3,(H2,14,16,17);6-8,18H,3-5H2,1-2H3,(H3,13,15,16,19)/t9-;8-;7-/m111/s1. The molecule has 0 spiro atoms. The number of hydrogen-bond acceptors (Lipinski definition) is 23. The number of carbonyl (C=O) groups excluding carboxylic acids is 1. The molecule has 0 fully saturated rings. The lowest BCUT2D eigenvalue weighted by Crippen LogP contribution is -2.25. The lowest BCUT2D eigenvalue weighted by atomic mass is 10.1. The summed E-state index contributed by atoms with van der Waals surface area (Å²) in [6, 6.07) is 0. The molecular formula is C39H60ClN15O12. The molecule has 0 radical (unpaired) electrons. The van der Waals surface area contributed by atoms with Gasteiger partial charge in [-0.25, -0.2) is 15.0 Å². The van der Waals surface area contributed by atoms with Gasteiger partial charge in [0.15, 0.2) is 52.0 Å². The summed E-state index contributed by atoms with van der Waals surface area (Å²) < 4.78 is 46.6. The second-order valence-electron chi connectivity index (χ2n) is 14.8. The molecular weight excluding hydrogens is 906 g/mol. The van der Waals surface area contributed by atoms with Crippen molar-refractivity contribution in [3.63, 3.8) is 0 Å². The van der Waals surface area contributed by atoms with E-state index in [1.165, 1.54) is 34.6 Å². The lowest BCUT2D eigenvalue weighted by Gasteiger charge is -2.22. The van der Waals surface area contributed by atoms with Crippen molar-refractivity contribution in [1.82, 2.24) is 58.6 Å². The zero-order chi connectivity index (χ0) is 49.2. The number of imidazole rings is 3. The van der Waals surface area contributed by atoms with Crippen LogP contribution in [0.3, 0.4) is 0 Å². The largest absolute Gasteiger partial charge is 0.479 e. The van der Waals surface area contributed by atoms with Crippen LogP contribution in [0.25, 0.3) is 33.5 Å². The molecule has 0 aliphatic carbocycles. The Morgan fingerprint density at radius 1 is 0.642 bits per heavy atom. The highest BCUT2D eigenvalue weighted by molar-refractivity contribution is 6.33. The summed E-state index contributed by atoms with van der Waals surface area (Å²) in [5, 5.41) is 19.2. The van der Waals surface area contributed by atoms with E-state index in [9.17, 15) is 19.8 Å². The Balaban J connectivity index is 0.000000220. The van der Waals surface area contributed by atoms with Crippen molar-refractivity contribution in [2.24, 2.45) is 17.8 Å². The van der Waals surface area contributed by atoms with Crippen LogP contribution in [0.4, 0.5) is 17.8 Å². The molecule has 0 aromatic carbocycles. The molecule has 370 valence electrons. The summed E-state index contributed by atoms with van der Waals surface area (Å²) >= 11 is 6.03. The van der Waals surface area contributed by atoms with Crippen LogP contribution in [0, 0.1) is 17.8 Å². The molecule has 0 saturated carbocycles. The molecule has 6 aromatic rings. The van der Waals surface area contributed by atoms with Crippen LogP contribution >= 0.6 is 11.6 Å². The molecule has 28 heteroatoms.